The van der Waals surface area contributed by atoms with Gasteiger partial charge in [-0.2, -0.15) is 0 Å². The van der Waals surface area contributed by atoms with Crippen LogP contribution in [0.5, 0.6) is 0 Å². The molecule has 1 aromatic rings. The summed E-state index contributed by atoms with van der Waals surface area (Å²) in [7, 11) is 0. The van der Waals surface area contributed by atoms with E-state index in [0.29, 0.717) is 5.92 Å². The summed E-state index contributed by atoms with van der Waals surface area (Å²) in [5.74, 6) is 1.73. The maximum absolute atomic E-state index is 11.9. The quantitative estimate of drug-likeness (QED) is 0.845. The topological polar surface area (TPSA) is 29.1 Å². The largest absolute Gasteiger partial charge is 0.356 e. The Balaban J connectivity index is 1.48. The Labute approximate surface area is 102 Å². The van der Waals surface area contributed by atoms with Crippen molar-refractivity contribution in [1.29, 1.82) is 0 Å². The molecule has 1 aromatic carbocycles. The van der Waals surface area contributed by atoms with Crippen molar-refractivity contribution in [3.63, 3.8) is 0 Å². The Morgan fingerprint density at radius 3 is 2.65 bits per heavy atom. The summed E-state index contributed by atoms with van der Waals surface area (Å²) >= 11 is 0. The number of amides is 1. The van der Waals surface area contributed by atoms with Gasteiger partial charge in [-0.05, 0) is 36.7 Å². The highest BCUT2D eigenvalue weighted by molar-refractivity contribution is 5.82. The van der Waals surface area contributed by atoms with Crippen LogP contribution in [0.4, 0.5) is 0 Å². The molecule has 17 heavy (non-hydrogen) atoms. The molecule has 1 amide bonds. The van der Waals surface area contributed by atoms with E-state index >= 15 is 0 Å². The van der Waals surface area contributed by atoms with Gasteiger partial charge in [-0.15, -0.1) is 0 Å². The van der Waals surface area contributed by atoms with Crippen molar-refractivity contribution in [2.45, 2.75) is 31.6 Å². The first-order chi connectivity index (χ1) is 8.34. The maximum Gasteiger partial charge on any atom is 0.223 e. The van der Waals surface area contributed by atoms with E-state index in [0.717, 1.165) is 18.9 Å². The van der Waals surface area contributed by atoms with E-state index in [9.17, 15) is 4.79 Å². The molecule has 2 saturated carbocycles. The molecule has 0 heterocycles. The summed E-state index contributed by atoms with van der Waals surface area (Å²) < 4.78 is 0. The first-order valence-electron chi connectivity index (χ1n) is 6.67. The van der Waals surface area contributed by atoms with Gasteiger partial charge >= 0.3 is 0 Å². The third-order valence-electron chi connectivity index (χ3n) is 4.14. The summed E-state index contributed by atoms with van der Waals surface area (Å²) in [5, 5.41) is 3.11. The molecule has 2 nitrogen and oxygen atoms in total. The van der Waals surface area contributed by atoms with Gasteiger partial charge in [0.15, 0.2) is 0 Å². The minimum Gasteiger partial charge on any atom is -0.356 e. The van der Waals surface area contributed by atoms with Crippen LogP contribution in [0, 0.1) is 11.8 Å². The first kappa shape index (κ1) is 10.8. The molecule has 2 atom stereocenters. The molecule has 0 saturated heterocycles. The fourth-order valence-corrected chi connectivity index (χ4v) is 2.63. The third-order valence-corrected chi connectivity index (χ3v) is 4.14. The Morgan fingerprint density at radius 1 is 1.24 bits per heavy atom. The highest BCUT2D eigenvalue weighted by Crippen LogP contribution is 2.47. The van der Waals surface area contributed by atoms with Crippen LogP contribution in [0.3, 0.4) is 0 Å². The Hall–Kier alpha value is -1.31. The fraction of sp³-hybridized carbons (Fsp3) is 0.533. The monoisotopic (exact) mass is 229 g/mol. The van der Waals surface area contributed by atoms with Crippen molar-refractivity contribution in [1.82, 2.24) is 5.32 Å². The van der Waals surface area contributed by atoms with E-state index in [1.165, 1.54) is 24.8 Å². The number of carbonyl (C=O) groups excluding carboxylic acids is 1. The number of hydrogen-bond donors (Lipinski definition) is 1. The van der Waals surface area contributed by atoms with E-state index in [-0.39, 0.29) is 11.8 Å². The molecule has 2 aliphatic carbocycles. The van der Waals surface area contributed by atoms with Crippen LogP contribution in [0.15, 0.2) is 30.3 Å². The molecule has 0 aromatic heterocycles. The predicted molar refractivity (Wildman–Crippen MR) is 67.6 cm³/mol. The standard InChI is InChI=1S/C15H19NO/c17-15(16-10-11-5-4-6-11)14-9-13(14)12-7-2-1-3-8-12/h1-3,7-8,11,13-14H,4-6,9-10H2,(H,16,17). The smallest absolute Gasteiger partial charge is 0.223 e. The lowest BCUT2D eigenvalue weighted by atomic mass is 9.85. The minimum atomic E-state index is 0.234. The molecule has 3 rings (SSSR count). The van der Waals surface area contributed by atoms with E-state index in [1.54, 1.807) is 0 Å². The lowest BCUT2D eigenvalue weighted by molar-refractivity contribution is -0.122. The molecule has 2 unspecified atom stereocenters. The van der Waals surface area contributed by atoms with Crippen LogP contribution in [0.1, 0.15) is 37.2 Å². The van der Waals surface area contributed by atoms with E-state index in [4.69, 9.17) is 0 Å². The molecule has 0 aliphatic heterocycles. The Kier molecular flexibility index (Phi) is 2.87. The Bertz CT molecular complexity index is 397. The lowest BCUT2D eigenvalue weighted by Crippen LogP contribution is -2.33. The number of nitrogens with one attached hydrogen (secondary N) is 1. The molecule has 2 fully saturated rings. The average Bonchev–Trinajstić information content (AvgIpc) is 3.08. The summed E-state index contributed by atoms with van der Waals surface area (Å²) in [6.07, 6.45) is 4.97. The van der Waals surface area contributed by atoms with Crippen LogP contribution >= 0.6 is 0 Å². The lowest BCUT2D eigenvalue weighted by Gasteiger charge is -2.25. The number of benzene rings is 1. The van der Waals surface area contributed by atoms with Gasteiger partial charge in [-0.3, -0.25) is 4.79 Å². The SMILES string of the molecule is O=C(NCC1CCC1)C1CC1c1ccccc1. The molecule has 1 N–H and O–H groups in total. The van der Waals surface area contributed by atoms with Crippen molar-refractivity contribution in [3.05, 3.63) is 35.9 Å². The normalized spacial score (nSPS) is 27.3. The van der Waals surface area contributed by atoms with Crippen molar-refractivity contribution >= 4 is 5.91 Å². The van der Waals surface area contributed by atoms with Crippen LogP contribution < -0.4 is 5.32 Å². The third kappa shape index (κ3) is 2.36. The summed E-state index contributed by atoms with van der Waals surface area (Å²) in [5.41, 5.74) is 1.32. The van der Waals surface area contributed by atoms with E-state index in [2.05, 4.69) is 29.6 Å². The van der Waals surface area contributed by atoms with Gasteiger partial charge in [0.2, 0.25) is 5.91 Å². The number of carbonyl (C=O) groups is 1. The van der Waals surface area contributed by atoms with Crippen LogP contribution in [0.25, 0.3) is 0 Å². The van der Waals surface area contributed by atoms with Gasteiger partial charge in [-0.25, -0.2) is 0 Å². The summed E-state index contributed by atoms with van der Waals surface area (Å²) in [6.45, 7) is 0.900. The van der Waals surface area contributed by atoms with Gasteiger partial charge in [0.05, 0.1) is 0 Å². The average molecular weight is 229 g/mol. The first-order valence-corrected chi connectivity index (χ1v) is 6.67. The second-order valence-corrected chi connectivity index (χ2v) is 5.40. The van der Waals surface area contributed by atoms with Gasteiger partial charge < -0.3 is 5.32 Å². The summed E-state index contributed by atoms with van der Waals surface area (Å²) in [4.78, 5) is 11.9. The van der Waals surface area contributed by atoms with Crippen molar-refractivity contribution in [2.75, 3.05) is 6.54 Å². The second kappa shape index (κ2) is 4.52. The molecular formula is C15H19NO. The number of hydrogen-bond acceptors (Lipinski definition) is 1. The fourth-order valence-electron chi connectivity index (χ4n) is 2.63. The highest BCUT2D eigenvalue weighted by atomic mass is 16.2. The molecule has 90 valence electrons. The van der Waals surface area contributed by atoms with Crippen LogP contribution in [-0.4, -0.2) is 12.5 Å². The molecule has 2 aliphatic rings. The van der Waals surface area contributed by atoms with E-state index in [1.807, 2.05) is 6.07 Å². The molecular weight excluding hydrogens is 210 g/mol. The van der Waals surface area contributed by atoms with Crippen molar-refractivity contribution in [3.8, 4) is 0 Å². The second-order valence-electron chi connectivity index (χ2n) is 5.40. The Morgan fingerprint density at radius 2 is 2.00 bits per heavy atom. The molecule has 0 spiro atoms. The molecule has 2 heteroatoms. The highest BCUT2D eigenvalue weighted by Gasteiger charge is 2.43. The van der Waals surface area contributed by atoms with E-state index < -0.39 is 0 Å². The zero-order chi connectivity index (χ0) is 11.7. The molecule has 0 radical (unpaired) electrons. The van der Waals surface area contributed by atoms with Crippen LogP contribution in [0.2, 0.25) is 0 Å². The zero-order valence-electron chi connectivity index (χ0n) is 10.1. The molecule has 0 bridgehead atoms. The van der Waals surface area contributed by atoms with Crippen molar-refractivity contribution < 1.29 is 4.79 Å². The maximum atomic E-state index is 11.9. The van der Waals surface area contributed by atoms with Gasteiger partial charge in [0.25, 0.3) is 0 Å². The zero-order valence-corrected chi connectivity index (χ0v) is 10.1. The van der Waals surface area contributed by atoms with Gasteiger partial charge in [-0.1, -0.05) is 36.8 Å². The minimum absolute atomic E-state index is 0.234. The number of rotatable bonds is 4. The summed E-state index contributed by atoms with van der Waals surface area (Å²) in [6, 6.07) is 10.4. The van der Waals surface area contributed by atoms with Gasteiger partial charge in [0.1, 0.15) is 0 Å². The van der Waals surface area contributed by atoms with Gasteiger partial charge in [0, 0.05) is 12.5 Å². The predicted octanol–water partition coefficient (Wildman–Crippen LogP) is 2.71. The van der Waals surface area contributed by atoms with Crippen molar-refractivity contribution in [2.24, 2.45) is 11.8 Å². The van der Waals surface area contributed by atoms with Crippen LogP contribution in [-0.2, 0) is 4.79 Å².